The minimum Gasteiger partial charge on any atom is -0.339 e. The van der Waals surface area contributed by atoms with Crippen molar-refractivity contribution in [3.05, 3.63) is 46.3 Å². The van der Waals surface area contributed by atoms with Crippen molar-refractivity contribution in [2.45, 2.75) is 51.9 Å². The molecule has 2 heterocycles. The first-order valence-electron chi connectivity index (χ1n) is 9.41. The number of fused-ring (bicyclic) bond motifs is 1. The third-order valence-electron chi connectivity index (χ3n) is 4.75. The molecule has 1 aromatic carbocycles. The van der Waals surface area contributed by atoms with E-state index in [0.717, 1.165) is 30.5 Å². The quantitative estimate of drug-likeness (QED) is 0.691. The molecule has 27 heavy (non-hydrogen) atoms. The average molecular weight is 382 g/mol. The molecule has 0 radical (unpaired) electrons. The van der Waals surface area contributed by atoms with E-state index in [1.54, 1.807) is 11.3 Å². The molecular weight excluding hydrogens is 360 g/mol. The Hall–Kier alpha value is -2.54. The molecule has 4 rings (SSSR count). The van der Waals surface area contributed by atoms with Crippen molar-refractivity contribution >= 4 is 22.4 Å². The number of amides is 1. The Morgan fingerprint density at radius 2 is 2.00 bits per heavy atom. The van der Waals surface area contributed by atoms with E-state index in [-0.39, 0.29) is 5.91 Å². The molecule has 2 aromatic heterocycles. The monoisotopic (exact) mass is 382 g/mol. The Balaban J connectivity index is 1.32. The van der Waals surface area contributed by atoms with Gasteiger partial charge in [-0.25, -0.2) is 4.98 Å². The van der Waals surface area contributed by atoms with E-state index in [9.17, 15) is 4.79 Å². The van der Waals surface area contributed by atoms with Gasteiger partial charge in [0.05, 0.1) is 5.69 Å². The molecule has 0 fully saturated rings. The first kappa shape index (κ1) is 17.9. The number of nitrogens with one attached hydrogen (secondary N) is 1. The Morgan fingerprint density at radius 1 is 1.19 bits per heavy atom. The average Bonchev–Trinajstić information content (AvgIpc) is 3.33. The number of benzene rings is 1. The highest BCUT2D eigenvalue weighted by molar-refractivity contribution is 7.15. The molecule has 0 unspecified atom stereocenters. The molecule has 1 aliphatic rings. The number of aryl methyl sites for hydroxylation is 4. The molecule has 0 bridgehead atoms. The maximum atomic E-state index is 12.2. The Bertz CT molecular complexity index is 906. The lowest BCUT2D eigenvalue weighted by Crippen LogP contribution is -2.12. The first-order chi connectivity index (χ1) is 13.2. The van der Waals surface area contributed by atoms with E-state index in [1.807, 2.05) is 12.1 Å². The number of hydrogen-bond donors (Lipinski definition) is 1. The fourth-order valence-electron chi connectivity index (χ4n) is 3.17. The summed E-state index contributed by atoms with van der Waals surface area (Å²) < 4.78 is 5.29. The molecule has 0 aliphatic heterocycles. The Kier molecular flexibility index (Phi) is 5.29. The number of carbonyl (C=O) groups excluding carboxylic acids is 1. The molecule has 0 saturated heterocycles. The van der Waals surface area contributed by atoms with Gasteiger partial charge in [-0.2, -0.15) is 4.98 Å². The molecule has 1 N–H and O–H groups in total. The molecule has 1 amide bonds. The van der Waals surface area contributed by atoms with Gasteiger partial charge in [-0.1, -0.05) is 36.3 Å². The van der Waals surface area contributed by atoms with Gasteiger partial charge in [-0.15, -0.1) is 11.3 Å². The summed E-state index contributed by atoms with van der Waals surface area (Å²) in [5, 5.41) is 7.62. The van der Waals surface area contributed by atoms with Crippen LogP contribution in [0.5, 0.6) is 0 Å². The smallest absolute Gasteiger partial charge is 0.227 e. The van der Waals surface area contributed by atoms with Crippen molar-refractivity contribution in [3.63, 3.8) is 0 Å². The predicted molar refractivity (Wildman–Crippen MR) is 105 cm³/mol. The van der Waals surface area contributed by atoms with Crippen LogP contribution in [0.15, 0.2) is 28.8 Å². The molecule has 0 spiro atoms. The minimum absolute atomic E-state index is 0.0758. The van der Waals surface area contributed by atoms with Crippen LogP contribution in [0.1, 0.15) is 48.2 Å². The number of anilines is 1. The predicted octanol–water partition coefficient (Wildman–Crippen LogP) is 4.21. The van der Waals surface area contributed by atoms with E-state index in [1.165, 1.54) is 23.3 Å². The van der Waals surface area contributed by atoms with Gasteiger partial charge in [0.25, 0.3) is 0 Å². The van der Waals surface area contributed by atoms with Crippen molar-refractivity contribution in [1.82, 2.24) is 15.1 Å². The third kappa shape index (κ3) is 4.24. The zero-order valence-corrected chi connectivity index (χ0v) is 16.1. The van der Waals surface area contributed by atoms with E-state index in [4.69, 9.17) is 4.52 Å². The number of aromatic nitrogens is 3. The summed E-state index contributed by atoms with van der Waals surface area (Å²) in [6.45, 7) is 2.12. The van der Waals surface area contributed by atoms with Gasteiger partial charge in [0.15, 0.2) is 5.13 Å². The van der Waals surface area contributed by atoms with E-state index >= 15 is 0 Å². The number of thiazole rings is 1. The van der Waals surface area contributed by atoms with Crippen molar-refractivity contribution in [1.29, 1.82) is 0 Å². The van der Waals surface area contributed by atoms with Gasteiger partial charge in [-0.05, 0) is 37.7 Å². The normalized spacial score (nSPS) is 13.4. The zero-order chi connectivity index (χ0) is 18.6. The summed E-state index contributed by atoms with van der Waals surface area (Å²) in [4.78, 5) is 22.5. The summed E-state index contributed by atoms with van der Waals surface area (Å²) in [5.41, 5.74) is 3.33. The summed E-state index contributed by atoms with van der Waals surface area (Å²) in [6, 6.07) is 8.10. The second-order valence-electron chi connectivity index (χ2n) is 6.71. The standard InChI is InChI=1S/C20H22N4O2S/c1-2-13-7-9-14(10-8-13)19-23-18(26-24-19)12-11-17(25)22-20-21-15-5-3-4-6-16(15)27-20/h7-10H,2-6,11-12H2,1H3,(H,21,22,25). The molecule has 1 aliphatic carbocycles. The highest BCUT2D eigenvalue weighted by atomic mass is 32.1. The molecule has 140 valence electrons. The van der Waals surface area contributed by atoms with Crippen LogP contribution in [-0.2, 0) is 30.5 Å². The van der Waals surface area contributed by atoms with Crippen LogP contribution in [0.2, 0.25) is 0 Å². The molecule has 0 atom stereocenters. The summed E-state index contributed by atoms with van der Waals surface area (Å²) >= 11 is 1.60. The van der Waals surface area contributed by atoms with Gasteiger partial charge in [0, 0.05) is 23.3 Å². The fraction of sp³-hybridized carbons (Fsp3) is 0.400. The maximum Gasteiger partial charge on any atom is 0.227 e. The fourth-order valence-corrected chi connectivity index (χ4v) is 4.24. The van der Waals surface area contributed by atoms with Gasteiger partial charge in [0.2, 0.25) is 17.6 Å². The van der Waals surface area contributed by atoms with E-state index in [0.29, 0.717) is 29.7 Å². The lowest BCUT2D eigenvalue weighted by molar-refractivity contribution is -0.116. The minimum atomic E-state index is -0.0758. The Morgan fingerprint density at radius 3 is 2.78 bits per heavy atom. The van der Waals surface area contributed by atoms with Crippen molar-refractivity contribution in [3.8, 4) is 11.4 Å². The van der Waals surface area contributed by atoms with Crippen LogP contribution < -0.4 is 5.32 Å². The molecular formula is C20H22N4O2S. The van der Waals surface area contributed by atoms with Gasteiger partial charge in [-0.3, -0.25) is 4.79 Å². The van der Waals surface area contributed by atoms with Crippen LogP contribution in [0.4, 0.5) is 5.13 Å². The lowest BCUT2D eigenvalue weighted by atomic mass is 10.0. The number of carbonyl (C=O) groups is 1. The van der Waals surface area contributed by atoms with Gasteiger partial charge < -0.3 is 9.84 Å². The van der Waals surface area contributed by atoms with Crippen molar-refractivity contribution in [2.75, 3.05) is 5.32 Å². The first-order valence-corrected chi connectivity index (χ1v) is 10.2. The highest BCUT2D eigenvalue weighted by Crippen LogP contribution is 2.29. The summed E-state index contributed by atoms with van der Waals surface area (Å²) in [7, 11) is 0. The second kappa shape index (κ2) is 8.00. The van der Waals surface area contributed by atoms with Gasteiger partial charge in [0.1, 0.15) is 0 Å². The SMILES string of the molecule is CCc1ccc(-c2noc(CCC(=O)Nc3nc4c(s3)CCCC4)n2)cc1. The van der Waals surface area contributed by atoms with Crippen LogP contribution >= 0.6 is 11.3 Å². The molecule has 6 nitrogen and oxygen atoms in total. The van der Waals surface area contributed by atoms with Crippen LogP contribution in [0.25, 0.3) is 11.4 Å². The molecule has 3 aromatic rings. The number of nitrogens with zero attached hydrogens (tertiary/aromatic N) is 3. The lowest BCUT2D eigenvalue weighted by Gasteiger charge is -2.06. The van der Waals surface area contributed by atoms with Crippen molar-refractivity contribution < 1.29 is 9.32 Å². The van der Waals surface area contributed by atoms with Crippen molar-refractivity contribution in [2.24, 2.45) is 0 Å². The zero-order valence-electron chi connectivity index (χ0n) is 15.3. The second-order valence-corrected chi connectivity index (χ2v) is 7.79. The molecule has 7 heteroatoms. The van der Waals surface area contributed by atoms with Crippen LogP contribution in [0.3, 0.4) is 0 Å². The topological polar surface area (TPSA) is 80.9 Å². The third-order valence-corrected chi connectivity index (χ3v) is 5.82. The van der Waals surface area contributed by atoms with Crippen LogP contribution in [0, 0.1) is 0 Å². The maximum absolute atomic E-state index is 12.2. The van der Waals surface area contributed by atoms with E-state index < -0.39 is 0 Å². The highest BCUT2D eigenvalue weighted by Gasteiger charge is 2.17. The summed E-state index contributed by atoms with van der Waals surface area (Å²) in [5.74, 6) is 0.951. The van der Waals surface area contributed by atoms with Crippen LogP contribution in [-0.4, -0.2) is 21.0 Å². The number of rotatable bonds is 6. The van der Waals surface area contributed by atoms with Gasteiger partial charge >= 0.3 is 0 Å². The Labute approximate surface area is 162 Å². The van der Waals surface area contributed by atoms with E-state index in [2.05, 4.69) is 39.5 Å². The molecule has 0 saturated carbocycles. The number of hydrogen-bond acceptors (Lipinski definition) is 6. The summed E-state index contributed by atoms with van der Waals surface area (Å²) in [6.07, 6.45) is 6.19. The largest absolute Gasteiger partial charge is 0.339 e.